The second-order valence-electron chi connectivity index (χ2n) is 7.10. The van der Waals surface area contributed by atoms with Crippen molar-refractivity contribution in [2.75, 3.05) is 0 Å². The van der Waals surface area contributed by atoms with Crippen LogP contribution in [-0.2, 0) is 6.61 Å². The third-order valence-electron chi connectivity index (χ3n) is 4.70. The third-order valence-corrected chi connectivity index (χ3v) is 5.54. The van der Waals surface area contributed by atoms with Crippen molar-refractivity contribution in [3.8, 4) is 5.75 Å². The van der Waals surface area contributed by atoms with E-state index in [1.54, 1.807) is 23.5 Å². The number of fused-ring (bicyclic) bond motifs is 1. The van der Waals surface area contributed by atoms with Gasteiger partial charge in [0.1, 0.15) is 22.9 Å². The van der Waals surface area contributed by atoms with Gasteiger partial charge in [0.05, 0.1) is 11.2 Å². The van der Waals surface area contributed by atoms with E-state index in [9.17, 15) is 14.7 Å². The van der Waals surface area contributed by atoms with Gasteiger partial charge in [-0.1, -0.05) is 13.8 Å². The van der Waals surface area contributed by atoms with Crippen LogP contribution >= 0.6 is 11.3 Å². The standard InChI is InChI=1S/C20H20N2O4S/c1-11(2)16-10-27-18(21-16)9-26-13-5-6-14-17(7-13)22(12-3-4-12)8-15(19(14)23)20(24)25/h5-8,10-12H,3-4,9H2,1-2H3,(H,24,25). The van der Waals surface area contributed by atoms with E-state index in [4.69, 9.17) is 4.74 Å². The molecular weight excluding hydrogens is 364 g/mol. The highest BCUT2D eigenvalue weighted by Gasteiger charge is 2.26. The van der Waals surface area contributed by atoms with Gasteiger partial charge in [0.15, 0.2) is 0 Å². The molecule has 1 fully saturated rings. The van der Waals surface area contributed by atoms with Crippen LogP contribution in [0.25, 0.3) is 10.9 Å². The Bertz CT molecular complexity index is 1080. The summed E-state index contributed by atoms with van der Waals surface area (Å²) in [7, 11) is 0. The van der Waals surface area contributed by atoms with Gasteiger partial charge < -0.3 is 14.4 Å². The summed E-state index contributed by atoms with van der Waals surface area (Å²) in [5, 5.41) is 12.7. The van der Waals surface area contributed by atoms with E-state index in [2.05, 4.69) is 18.8 Å². The summed E-state index contributed by atoms with van der Waals surface area (Å²) in [6, 6.07) is 5.43. The zero-order valence-electron chi connectivity index (χ0n) is 15.1. The molecule has 4 rings (SSSR count). The SMILES string of the molecule is CC(C)c1csc(COc2ccc3c(=O)c(C(=O)O)cn(C4CC4)c3c2)n1. The quantitative estimate of drug-likeness (QED) is 0.689. The Morgan fingerprint density at radius 3 is 2.81 bits per heavy atom. The van der Waals surface area contributed by atoms with E-state index in [-0.39, 0.29) is 11.6 Å². The summed E-state index contributed by atoms with van der Waals surface area (Å²) in [6.07, 6.45) is 3.43. The highest BCUT2D eigenvalue weighted by atomic mass is 32.1. The fourth-order valence-electron chi connectivity index (χ4n) is 3.03. The molecule has 0 atom stereocenters. The number of hydrogen-bond acceptors (Lipinski definition) is 5. The molecule has 7 heteroatoms. The Balaban J connectivity index is 1.67. The zero-order chi connectivity index (χ0) is 19.1. The normalized spacial score (nSPS) is 14.0. The van der Waals surface area contributed by atoms with Crippen molar-refractivity contribution in [2.45, 2.75) is 45.3 Å². The van der Waals surface area contributed by atoms with E-state index >= 15 is 0 Å². The fourth-order valence-corrected chi connectivity index (χ4v) is 3.89. The summed E-state index contributed by atoms with van der Waals surface area (Å²) < 4.78 is 7.78. The minimum Gasteiger partial charge on any atom is -0.486 e. The monoisotopic (exact) mass is 384 g/mol. The summed E-state index contributed by atoms with van der Waals surface area (Å²) in [6.45, 7) is 4.57. The van der Waals surface area contributed by atoms with Crippen LogP contribution in [0.15, 0.2) is 34.6 Å². The average molecular weight is 384 g/mol. The van der Waals surface area contributed by atoms with E-state index in [1.165, 1.54) is 6.20 Å². The zero-order valence-corrected chi connectivity index (χ0v) is 16.0. The number of carboxylic acids is 1. The van der Waals surface area contributed by atoms with Crippen LogP contribution in [0.4, 0.5) is 0 Å². The van der Waals surface area contributed by atoms with Crippen LogP contribution in [-0.4, -0.2) is 20.6 Å². The van der Waals surface area contributed by atoms with Gasteiger partial charge in [-0.15, -0.1) is 11.3 Å². The lowest BCUT2D eigenvalue weighted by molar-refractivity contribution is 0.0695. The van der Waals surface area contributed by atoms with Gasteiger partial charge >= 0.3 is 5.97 Å². The summed E-state index contributed by atoms with van der Waals surface area (Å²) in [4.78, 5) is 28.4. The fraction of sp³-hybridized carbons (Fsp3) is 0.350. The van der Waals surface area contributed by atoms with Crippen LogP contribution in [0.5, 0.6) is 5.75 Å². The summed E-state index contributed by atoms with van der Waals surface area (Å²) in [5.41, 5.74) is 1.13. The molecular formula is C20H20N2O4S. The van der Waals surface area contributed by atoms with Crippen molar-refractivity contribution >= 4 is 28.2 Å². The summed E-state index contributed by atoms with van der Waals surface area (Å²) >= 11 is 1.57. The number of pyridine rings is 1. The molecule has 0 amide bonds. The molecule has 0 saturated heterocycles. The van der Waals surface area contributed by atoms with E-state index in [0.717, 1.165) is 23.5 Å². The van der Waals surface area contributed by atoms with Gasteiger partial charge in [-0.2, -0.15) is 0 Å². The van der Waals surface area contributed by atoms with Gasteiger partial charge in [0, 0.05) is 29.1 Å². The van der Waals surface area contributed by atoms with Crippen molar-refractivity contribution in [1.29, 1.82) is 0 Å². The molecule has 0 spiro atoms. The molecule has 1 saturated carbocycles. The maximum atomic E-state index is 12.5. The van der Waals surface area contributed by atoms with E-state index in [1.807, 2.05) is 16.0 Å². The van der Waals surface area contributed by atoms with Crippen LogP contribution in [0, 0.1) is 0 Å². The molecule has 6 nitrogen and oxygen atoms in total. The lowest BCUT2D eigenvalue weighted by Gasteiger charge is -2.13. The molecule has 0 bridgehead atoms. The Morgan fingerprint density at radius 2 is 2.19 bits per heavy atom. The average Bonchev–Trinajstić information content (AvgIpc) is 3.36. The lowest BCUT2D eigenvalue weighted by Crippen LogP contribution is -2.18. The first kappa shape index (κ1) is 17.7. The van der Waals surface area contributed by atoms with Gasteiger partial charge in [-0.3, -0.25) is 4.79 Å². The van der Waals surface area contributed by atoms with Crippen molar-refractivity contribution in [1.82, 2.24) is 9.55 Å². The molecule has 0 unspecified atom stereocenters. The number of aromatic nitrogens is 2. The Labute approximate surface area is 160 Å². The topological polar surface area (TPSA) is 81.4 Å². The number of thiazole rings is 1. The molecule has 1 aliphatic rings. The molecule has 27 heavy (non-hydrogen) atoms. The van der Waals surface area contributed by atoms with Crippen LogP contribution in [0.1, 0.15) is 59.7 Å². The minimum atomic E-state index is -1.19. The van der Waals surface area contributed by atoms with Crippen LogP contribution in [0.3, 0.4) is 0 Å². The number of ether oxygens (including phenoxy) is 1. The van der Waals surface area contributed by atoms with Crippen LogP contribution in [0.2, 0.25) is 0 Å². The van der Waals surface area contributed by atoms with E-state index in [0.29, 0.717) is 29.2 Å². The number of rotatable bonds is 6. The first-order valence-electron chi connectivity index (χ1n) is 8.93. The second-order valence-corrected chi connectivity index (χ2v) is 8.05. The van der Waals surface area contributed by atoms with Crippen molar-refractivity contribution < 1.29 is 14.6 Å². The largest absolute Gasteiger partial charge is 0.486 e. The molecule has 2 aromatic heterocycles. The first-order chi connectivity index (χ1) is 12.9. The van der Waals surface area contributed by atoms with Gasteiger partial charge in [-0.05, 0) is 30.9 Å². The summed E-state index contributed by atoms with van der Waals surface area (Å²) in [5.74, 6) is -0.172. The smallest absolute Gasteiger partial charge is 0.341 e. The third kappa shape index (κ3) is 3.47. The Kier molecular flexibility index (Phi) is 4.47. The number of carbonyl (C=O) groups is 1. The van der Waals surface area contributed by atoms with Gasteiger partial charge in [-0.25, -0.2) is 9.78 Å². The van der Waals surface area contributed by atoms with Crippen molar-refractivity contribution in [3.63, 3.8) is 0 Å². The number of benzene rings is 1. The Hall–Kier alpha value is -2.67. The number of hydrogen-bond donors (Lipinski definition) is 1. The van der Waals surface area contributed by atoms with Gasteiger partial charge in [0.25, 0.3) is 0 Å². The number of nitrogens with zero attached hydrogens (tertiary/aromatic N) is 2. The molecule has 1 aromatic carbocycles. The molecule has 2 heterocycles. The molecule has 0 aliphatic heterocycles. The highest BCUT2D eigenvalue weighted by Crippen LogP contribution is 2.37. The predicted molar refractivity (Wildman–Crippen MR) is 104 cm³/mol. The first-order valence-corrected chi connectivity index (χ1v) is 9.81. The molecule has 140 valence electrons. The molecule has 3 aromatic rings. The molecule has 1 N–H and O–H groups in total. The maximum absolute atomic E-state index is 12.5. The van der Waals surface area contributed by atoms with Crippen molar-refractivity contribution in [2.24, 2.45) is 0 Å². The Morgan fingerprint density at radius 1 is 1.41 bits per heavy atom. The minimum absolute atomic E-state index is 0.188. The lowest BCUT2D eigenvalue weighted by atomic mass is 10.1. The van der Waals surface area contributed by atoms with Crippen LogP contribution < -0.4 is 10.2 Å². The molecule has 0 radical (unpaired) electrons. The van der Waals surface area contributed by atoms with E-state index < -0.39 is 11.4 Å². The number of aromatic carboxylic acids is 1. The highest BCUT2D eigenvalue weighted by molar-refractivity contribution is 7.09. The number of carboxylic acid groups (broad SMARTS) is 1. The maximum Gasteiger partial charge on any atom is 0.341 e. The predicted octanol–water partition coefficient (Wildman–Crippen LogP) is 4.19. The second kappa shape index (κ2) is 6.81. The van der Waals surface area contributed by atoms with Gasteiger partial charge in [0.2, 0.25) is 5.43 Å². The molecule has 1 aliphatic carbocycles. The van der Waals surface area contributed by atoms with Crippen molar-refractivity contribution in [3.05, 3.63) is 56.3 Å².